The molecule has 2 aliphatic rings. The minimum atomic E-state index is -0.648. The standard InChI is InChI=1S/C40H68N2O6/c43-39(44)35-25-23-31-41(35)29-19-13-9-5-1-3-7-11-15-21-33-47-37-27-17-18-28-38(37)48-34-22-16-12-8-4-2-6-10-14-20-30-42-32-24-26-36(42)40(45)46/h17-18,27-28,35-36H,1-16,19-26,29-34H2,(H,43,44)(H,45,46)/t35-,36-/m0/s1. The van der Waals surface area contributed by atoms with E-state index in [-0.39, 0.29) is 12.1 Å². The Labute approximate surface area is 291 Å². The summed E-state index contributed by atoms with van der Waals surface area (Å²) in [6.45, 7) is 5.27. The van der Waals surface area contributed by atoms with Crippen molar-refractivity contribution in [3.8, 4) is 11.5 Å². The largest absolute Gasteiger partial charge is 0.490 e. The van der Waals surface area contributed by atoms with E-state index in [0.717, 1.165) is 102 Å². The first-order valence-corrected chi connectivity index (χ1v) is 19.8. The number of nitrogens with zero attached hydrogens (tertiary/aromatic N) is 2. The van der Waals surface area contributed by atoms with Gasteiger partial charge >= 0.3 is 11.9 Å². The Hall–Kier alpha value is -2.32. The number of hydrogen-bond donors (Lipinski definition) is 2. The Kier molecular flexibility index (Phi) is 21.4. The molecule has 48 heavy (non-hydrogen) atoms. The Balaban J connectivity index is 1.06. The zero-order valence-corrected chi connectivity index (χ0v) is 30.1. The van der Waals surface area contributed by atoms with E-state index in [4.69, 9.17) is 9.47 Å². The number of likely N-dealkylation sites (tertiary alicyclic amines) is 2. The molecule has 8 nitrogen and oxygen atoms in total. The molecule has 3 rings (SSSR count). The van der Waals surface area contributed by atoms with Gasteiger partial charge in [-0.05, 0) is 89.7 Å². The predicted octanol–water partition coefficient (Wildman–Crippen LogP) is 9.34. The van der Waals surface area contributed by atoms with E-state index in [1.807, 2.05) is 24.3 Å². The summed E-state index contributed by atoms with van der Waals surface area (Å²) >= 11 is 0. The number of rotatable bonds is 30. The highest BCUT2D eigenvalue weighted by Gasteiger charge is 2.30. The van der Waals surface area contributed by atoms with Gasteiger partial charge in [-0.25, -0.2) is 0 Å². The zero-order chi connectivity index (χ0) is 34.1. The van der Waals surface area contributed by atoms with Gasteiger partial charge in [-0.2, -0.15) is 0 Å². The van der Waals surface area contributed by atoms with Gasteiger partial charge in [0.2, 0.25) is 0 Å². The van der Waals surface area contributed by atoms with Crippen LogP contribution in [0.5, 0.6) is 11.5 Å². The maximum atomic E-state index is 11.3. The third kappa shape index (κ3) is 16.9. The van der Waals surface area contributed by atoms with Crippen LogP contribution in [0.3, 0.4) is 0 Å². The van der Waals surface area contributed by atoms with Gasteiger partial charge < -0.3 is 19.7 Å². The number of benzene rings is 1. The number of carboxylic acid groups (broad SMARTS) is 2. The smallest absolute Gasteiger partial charge is 0.320 e. The minimum absolute atomic E-state index is 0.239. The summed E-state index contributed by atoms with van der Waals surface area (Å²) in [5.41, 5.74) is 0. The lowest BCUT2D eigenvalue weighted by Crippen LogP contribution is -2.36. The van der Waals surface area contributed by atoms with Crippen molar-refractivity contribution in [2.45, 2.75) is 166 Å². The van der Waals surface area contributed by atoms with Crippen molar-refractivity contribution in [3.05, 3.63) is 24.3 Å². The lowest BCUT2D eigenvalue weighted by Gasteiger charge is -2.20. The summed E-state index contributed by atoms with van der Waals surface area (Å²) in [7, 11) is 0. The molecule has 8 heteroatoms. The number of carbonyl (C=O) groups is 2. The molecule has 0 radical (unpaired) electrons. The first-order chi connectivity index (χ1) is 23.6. The number of aliphatic carboxylic acids is 2. The molecule has 1 aromatic rings. The Morgan fingerprint density at radius 1 is 0.521 bits per heavy atom. The number of carboxylic acids is 2. The van der Waals surface area contributed by atoms with Crippen molar-refractivity contribution < 1.29 is 29.3 Å². The van der Waals surface area contributed by atoms with Crippen LogP contribution < -0.4 is 9.47 Å². The van der Waals surface area contributed by atoms with Gasteiger partial charge in [0.05, 0.1) is 13.2 Å². The fourth-order valence-electron chi connectivity index (χ4n) is 7.46. The third-order valence-corrected chi connectivity index (χ3v) is 10.3. The molecule has 0 aliphatic carbocycles. The first-order valence-electron chi connectivity index (χ1n) is 19.8. The predicted molar refractivity (Wildman–Crippen MR) is 194 cm³/mol. The number of para-hydroxylation sites is 2. The average Bonchev–Trinajstić information content (AvgIpc) is 3.76. The summed E-state index contributed by atoms with van der Waals surface area (Å²) in [5, 5.41) is 18.6. The number of ether oxygens (including phenoxy) is 2. The van der Waals surface area contributed by atoms with Gasteiger partial charge in [-0.3, -0.25) is 19.4 Å². The highest BCUT2D eigenvalue weighted by Crippen LogP contribution is 2.27. The Bertz CT molecular complexity index is 913. The molecule has 2 fully saturated rings. The molecule has 1 aromatic carbocycles. The van der Waals surface area contributed by atoms with Crippen LogP contribution >= 0.6 is 0 Å². The zero-order valence-electron chi connectivity index (χ0n) is 30.1. The lowest BCUT2D eigenvalue weighted by atomic mass is 10.1. The maximum absolute atomic E-state index is 11.3. The molecule has 0 bridgehead atoms. The Morgan fingerprint density at radius 3 is 1.17 bits per heavy atom. The quantitative estimate of drug-likeness (QED) is 0.0780. The molecule has 0 saturated carbocycles. The van der Waals surface area contributed by atoms with Crippen molar-refractivity contribution in [1.29, 1.82) is 0 Å². The fourth-order valence-corrected chi connectivity index (χ4v) is 7.46. The highest BCUT2D eigenvalue weighted by molar-refractivity contribution is 5.74. The number of hydrogen-bond acceptors (Lipinski definition) is 6. The van der Waals surface area contributed by atoms with Gasteiger partial charge in [0.1, 0.15) is 12.1 Å². The molecular weight excluding hydrogens is 604 g/mol. The second-order valence-corrected chi connectivity index (χ2v) is 14.3. The van der Waals surface area contributed by atoms with Crippen LogP contribution in [0.15, 0.2) is 24.3 Å². The highest BCUT2D eigenvalue weighted by atomic mass is 16.5. The molecule has 0 amide bonds. The molecule has 2 atom stereocenters. The Morgan fingerprint density at radius 2 is 0.833 bits per heavy atom. The van der Waals surface area contributed by atoms with Crippen LogP contribution in [-0.2, 0) is 9.59 Å². The molecule has 2 N–H and O–H groups in total. The summed E-state index contributed by atoms with van der Waals surface area (Å²) < 4.78 is 12.2. The monoisotopic (exact) mass is 673 g/mol. The summed E-state index contributed by atoms with van der Waals surface area (Å²) in [4.78, 5) is 26.9. The summed E-state index contributed by atoms with van der Waals surface area (Å²) in [6, 6.07) is 7.59. The molecule has 0 spiro atoms. The van der Waals surface area contributed by atoms with E-state index in [1.54, 1.807) is 0 Å². The van der Waals surface area contributed by atoms with Gasteiger partial charge in [-0.1, -0.05) is 115 Å². The summed E-state index contributed by atoms with van der Waals surface area (Å²) in [5.74, 6) is 0.432. The second kappa shape index (κ2) is 25.6. The van der Waals surface area contributed by atoms with Crippen LogP contribution in [0.4, 0.5) is 0 Å². The van der Waals surface area contributed by atoms with E-state index in [0.29, 0.717) is 0 Å². The van der Waals surface area contributed by atoms with E-state index in [9.17, 15) is 19.8 Å². The number of unbranched alkanes of at least 4 members (excludes halogenated alkanes) is 18. The molecular formula is C40H68N2O6. The molecule has 2 heterocycles. The topological polar surface area (TPSA) is 99.5 Å². The first kappa shape index (κ1) is 40.1. The summed E-state index contributed by atoms with van der Waals surface area (Å²) in [6.07, 6.45) is 28.4. The minimum Gasteiger partial charge on any atom is -0.490 e. The van der Waals surface area contributed by atoms with Crippen molar-refractivity contribution in [2.24, 2.45) is 0 Å². The van der Waals surface area contributed by atoms with E-state index in [1.165, 1.54) is 103 Å². The molecule has 0 aromatic heterocycles. The van der Waals surface area contributed by atoms with Crippen LogP contribution in [-0.4, -0.2) is 83.4 Å². The van der Waals surface area contributed by atoms with Crippen molar-refractivity contribution in [1.82, 2.24) is 9.80 Å². The van der Waals surface area contributed by atoms with Crippen molar-refractivity contribution in [3.63, 3.8) is 0 Å². The van der Waals surface area contributed by atoms with Crippen LogP contribution in [0, 0.1) is 0 Å². The lowest BCUT2D eigenvalue weighted by molar-refractivity contribution is -0.143. The van der Waals surface area contributed by atoms with E-state index in [2.05, 4.69) is 9.80 Å². The maximum Gasteiger partial charge on any atom is 0.320 e. The van der Waals surface area contributed by atoms with Crippen LogP contribution in [0.25, 0.3) is 0 Å². The molecule has 274 valence electrons. The average molecular weight is 673 g/mol. The second-order valence-electron chi connectivity index (χ2n) is 14.3. The fraction of sp³-hybridized carbons (Fsp3) is 0.800. The SMILES string of the molecule is O=C(O)[C@@H]1CCCN1CCCCCCCCCCCCOc1ccccc1OCCCCCCCCCCCCN1CCC[C@H]1C(=O)O. The molecule has 2 aliphatic heterocycles. The van der Waals surface area contributed by atoms with Crippen molar-refractivity contribution >= 4 is 11.9 Å². The van der Waals surface area contributed by atoms with Gasteiger partial charge in [-0.15, -0.1) is 0 Å². The van der Waals surface area contributed by atoms with Crippen LogP contribution in [0.1, 0.15) is 154 Å². The van der Waals surface area contributed by atoms with Gasteiger partial charge in [0.15, 0.2) is 11.5 Å². The third-order valence-electron chi connectivity index (χ3n) is 10.3. The molecule has 2 saturated heterocycles. The van der Waals surface area contributed by atoms with E-state index < -0.39 is 11.9 Å². The normalized spacial score (nSPS) is 18.4. The van der Waals surface area contributed by atoms with Gasteiger partial charge in [0.25, 0.3) is 0 Å². The molecule has 0 unspecified atom stereocenters. The van der Waals surface area contributed by atoms with E-state index >= 15 is 0 Å². The van der Waals surface area contributed by atoms with Crippen molar-refractivity contribution in [2.75, 3.05) is 39.4 Å². The van der Waals surface area contributed by atoms with Gasteiger partial charge in [0, 0.05) is 0 Å². The van der Waals surface area contributed by atoms with Crippen LogP contribution in [0.2, 0.25) is 0 Å².